The number of sulfonamides is 1. The Kier molecular flexibility index (Phi) is 7.53. The van der Waals surface area contributed by atoms with Crippen molar-refractivity contribution in [3.05, 3.63) is 71.4 Å². The Balaban J connectivity index is 1.40. The average molecular weight is 600 g/mol. The molecule has 0 bridgehead atoms. The van der Waals surface area contributed by atoms with Crippen LogP contribution in [0.15, 0.2) is 47.6 Å². The summed E-state index contributed by atoms with van der Waals surface area (Å²) in [4.78, 5) is 24.2. The number of carbonyl (C=O) groups is 1. The van der Waals surface area contributed by atoms with Crippen LogP contribution in [0.4, 0.5) is 26.3 Å². The van der Waals surface area contributed by atoms with E-state index < -0.39 is 64.1 Å². The van der Waals surface area contributed by atoms with Crippen molar-refractivity contribution in [1.29, 1.82) is 0 Å². The minimum absolute atomic E-state index is 0.0623. The highest BCUT2D eigenvalue weighted by Crippen LogP contribution is 2.42. The van der Waals surface area contributed by atoms with E-state index in [1.807, 2.05) is 0 Å². The third kappa shape index (κ3) is 5.77. The number of aromatic nitrogens is 3. The molecular formula is C26H23F6N5O3S. The van der Waals surface area contributed by atoms with Gasteiger partial charge in [-0.05, 0) is 50.1 Å². The largest absolute Gasteiger partial charge is 0.434 e. The normalized spacial score (nSPS) is 21.7. The van der Waals surface area contributed by atoms with Gasteiger partial charge in [-0.15, -0.1) is 0 Å². The number of alkyl halides is 4. The number of hydrogen-bond donors (Lipinski definition) is 1. The Morgan fingerprint density at radius 1 is 1.10 bits per heavy atom. The van der Waals surface area contributed by atoms with Crippen molar-refractivity contribution < 1.29 is 39.6 Å². The van der Waals surface area contributed by atoms with E-state index in [1.54, 1.807) is 0 Å². The molecule has 218 valence electrons. The molecule has 8 nitrogen and oxygen atoms in total. The fraction of sp³-hybridized carbons (Fsp3) is 0.385. The number of pyridine rings is 1. The van der Waals surface area contributed by atoms with Gasteiger partial charge in [-0.2, -0.15) is 17.5 Å². The van der Waals surface area contributed by atoms with E-state index in [9.17, 15) is 35.2 Å². The zero-order valence-corrected chi connectivity index (χ0v) is 22.2. The molecule has 1 aliphatic carbocycles. The van der Waals surface area contributed by atoms with E-state index in [0.29, 0.717) is 19.0 Å². The summed E-state index contributed by atoms with van der Waals surface area (Å²) < 4.78 is 109. The Hall–Kier alpha value is -3.59. The van der Waals surface area contributed by atoms with Gasteiger partial charge in [-0.25, -0.2) is 26.6 Å². The molecule has 3 atom stereocenters. The molecule has 1 amide bonds. The molecule has 41 heavy (non-hydrogen) atoms. The number of halogens is 6. The first kappa shape index (κ1) is 28.9. The van der Waals surface area contributed by atoms with E-state index in [4.69, 9.17) is 0 Å². The summed E-state index contributed by atoms with van der Waals surface area (Å²) in [5.41, 5.74) is -1.39. The SMILES string of the molecule is C[C@H]1[C@H](F)C[C@@H](C(=O)NCc2cc(-c3cnc(C(F)(F)F)cn3)c(F)c(C3CC3)n2)N1S(=O)(=O)c1ccc(F)cc1. The molecule has 0 spiro atoms. The molecular weight excluding hydrogens is 576 g/mol. The van der Waals surface area contributed by atoms with Gasteiger partial charge in [0.1, 0.15) is 18.0 Å². The summed E-state index contributed by atoms with van der Waals surface area (Å²) >= 11 is 0. The number of carbonyl (C=O) groups excluding carboxylic acids is 1. The lowest BCUT2D eigenvalue weighted by Crippen LogP contribution is -2.48. The van der Waals surface area contributed by atoms with Crippen molar-refractivity contribution in [1.82, 2.24) is 24.6 Å². The minimum atomic E-state index is -4.73. The minimum Gasteiger partial charge on any atom is -0.349 e. The molecule has 0 unspecified atom stereocenters. The smallest absolute Gasteiger partial charge is 0.349 e. The van der Waals surface area contributed by atoms with E-state index in [0.717, 1.165) is 34.8 Å². The first-order valence-corrected chi connectivity index (χ1v) is 14.0. The fourth-order valence-electron chi connectivity index (χ4n) is 4.71. The van der Waals surface area contributed by atoms with Crippen molar-refractivity contribution in [3.8, 4) is 11.3 Å². The molecule has 5 rings (SSSR count). The molecule has 3 aromatic rings. The first-order chi connectivity index (χ1) is 19.3. The Morgan fingerprint density at radius 2 is 1.78 bits per heavy atom. The molecule has 2 aliphatic rings. The van der Waals surface area contributed by atoms with Crippen LogP contribution in [-0.4, -0.2) is 51.8 Å². The zero-order valence-electron chi connectivity index (χ0n) is 21.4. The quantitative estimate of drug-likeness (QED) is 0.401. The van der Waals surface area contributed by atoms with Gasteiger partial charge in [-0.1, -0.05) is 0 Å². The van der Waals surface area contributed by atoms with Gasteiger partial charge in [0.15, 0.2) is 11.5 Å². The Labute approximate surface area is 230 Å². The maximum atomic E-state index is 15.3. The van der Waals surface area contributed by atoms with Crippen molar-refractivity contribution in [2.45, 2.75) is 68.0 Å². The monoisotopic (exact) mass is 599 g/mol. The van der Waals surface area contributed by atoms with E-state index in [2.05, 4.69) is 20.3 Å². The lowest BCUT2D eigenvalue weighted by Gasteiger charge is -2.26. The zero-order chi connectivity index (χ0) is 29.7. The standard InChI is InChI=1S/C26H23F6N5O3S/c1-13-19(28)9-21(37(13)41(39,40)17-6-4-15(27)5-7-17)25(38)35-10-16-8-18(23(29)24(36-16)14-2-3-14)20-11-34-22(12-33-20)26(30,31)32/h4-8,11-14,19,21H,2-3,9-10H2,1H3,(H,35,38)/t13-,19+,21-/m0/s1. The summed E-state index contributed by atoms with van der Waals surface area (Å²) in [5, 5.41) is 2.52. The number of benzene rings is 1. The molecule has 1 N–H and O–H groups in total. The Bertz CT molecular complexity index is 1560. The second kappa shape index (κ2) is 10.7. The highest BCUT2D eigenvalue weighted by molar-refractivity contribution is 7.89. The van der Waals surface area contributed by atoms with Crippen LogP contribution in [-0.2, 0) is 27.5 Å². The van der Waals surface area contributed by atoms with Crippen LogP contribution in [0.3, 0.4) is 0 Å². The topological polar surface area (TPSA) is 105 Å². The lowest BCUT2D eigenvalue weighted by atomic mass is 10.1. The second-order valence-electron chi connectivity index (χ2n) is 9.93. The Morgan fingerprint density at radius 3 is 2.37 bits per heavy atom. The molecule has 2 fully saturated rings. The summed E-state index contributed by atoms with van der Waals surface area (Å²) in [6.07, 6.45) is -4.25. The van der Waals surface area contributed by atoms with Crippen LogP contribution < -0.4 is 5.32 Å². The van der Waals surface area contributed by atoms with E-state index >= 15 is 4.39 Å². The molecule has 1 aromatic carbocycles. The number of rotatable bonds is 7. The number of nitrogens with one attached hydrogen (secondary N) is 1. The van der Waals surface area contributed by atoms with Gasteiger partial charge >= 0.3 is 6.18 Å². The molecule has 3 heterocycles. The molecule has 1 saturated heterocycles. The number of hydrogen-bond acceptors (Lipinski definition) is 6. The van der Waals surface area contributed by atoms with Gasteiger partial charge in [-0.3, -0.25) is 14.8 Å². The fourth-order valence-corrected chi connectivity index (χ4v) is 6.52. The highest BCUT2D eigenvalue weighted by Gasteiger charge is 2.49. The van der Waals surface area contributed by atoms with Crippen LogP contribution in [0, 0.1) is 11.6 Å². The van der Waals surface area contributed by atoms with Crippen molar-refractivity contribution in [2.75, 3.05) is 0 Å². The summed E-state index contributed by atoms with van der Waals surface area (Å²) in [6, 6.07) is 2.50. The van der Waals surface area contributed by atoms with Crippen molar-refractivity contribution in [2.24, 2.45) is 0 Å². The van der Waals surface area contributed by atoms with Gasteiger partial charge in [0.05, 0.1) is 47.0 Å². The average Bonchev–Trinajstić information content (AvgIpc) is 3.72. The van der Waals surface area contributed by atoms with Gasteiger partial charge in [0.25, 0.3) is 0 Å². The molecule has 15 heteroatoms. The van der Waals surface area contributed by atoms with Crippen LogP contribution in [0.1, 0.15) is 49.2 Å². The number of nitrogens with zero attached hydrogens (tertiary/aromatic N) is 4. The first-order valence-electron chi connectivity index (χ1n) is 12.6. The van der Waals surface area contributed by atoms with Crippen LogP contribution >= 0.6 is 0 Å². The summed E-state index contributed by atoms with van der Waals surface area (Å²) in [5.74, 6) is -2.49. The maximum absolute atomic E-state index is 15.3. The molecule has 0 radical (unpaired) electrons. The van der Waals surface area contributed by atoms with Gasteiger partial charge in [0, 0.05) is 17.9 Å². The van der Waals surface area contributed by atoms with E-state index in [1.165, 1.54) is 13.0 Å². The van der Waals surface area contributed by atoms with Crippen molar-refractivity contribution in [3.63, 3.8) is 0 Å². The predicted molar refractivity (Wildman–Crippen MR) is 132 cm³/mol. The van der Waals surface area contributed by atoms with Crippen LogP contribution in [0.5, 0.6) is 0 Å². The van der Waals surface area contributed by atoms with Crippen molar-refractivity contribution >= 4 is 15.9 Å². The van der Waals surface area contributed by atoms with Crippen LogP contribution in [0.25, 0.3) is 11.3 Å². The number of amides is 1. The maximum Gasteiger partial charge on any atom is 0.434 e. The predicted octanol–water partition coefficient (Wildman–Crippen LogP) is 4.52. The summed E-state index contributed by atoms with van der Waals surface area (Å²) in [6.45, 7) is 1.01. The second-order valence-corrected chi connectivity index (χ2v) is 11.8. The lowest BCUT2D eigenvalue weighted by molar-refractivity contribution is -0.141. The third-order valence-corrected chi connectivity index (χ3v) is 9.04. The van der Waals surface area contributed by atoms with Crippen LogP contribution in [0.2, 0.25) is 0 Å². The third-order valence-electron chi connectivity index (χ3n) is 7.03. The highest BCUT2D eigenvalue weighted by atomic mass is 32.2. The van der Waals surface area contributed by atoms with Gasteiger partial charge < -0.3 is 5.32 Å². The molecule has 1 saturated carbocycles. The molecule has 2 aromatic heterocycles. The summed E-state index contributed by atoms with van der Waals surface area (Å²) in [7, 11) is -4.38. The molecule has 1 aliphatic heterocycles. The van der Waals surface area contributed by atoms with Gasteiger partial charge in [0.2, 0.25) is 15.9 Å². The van der Waals surface area contributed by atoms with E-state index in [-0.39, 0.29) is 40.0 Å².